The first-order chi connectivity index (χ1) is 10.6. The van der Waals surface area contributed by atoms with Gasteiger partial charge in [0.25, 0.3) is 0 Å². The van der Waals surface area contributed by atoms with Gasteiger partial charge in [-0.1, -0.05) is 0 Å². The molecule has 2 amide bonds. The largest absolute Gasteiger partial charge is 0.355 e. The van der Waals surface area contributed by atoms with Crippen LogP contribution in [0.1, 0.15) is 12.6 Å². The zero-order valence-corrected chi connectivity index (χ0v) is 12.9. The molecule has 0 unspecified atom stereocenters. The third-order valence-electron chi connectivity index (χ3n) is 2.80. The molecule has 1 heterocycles. The fourth-order valence-corrected chi connectivity index (χ4v) is 2.60. The first-order valence-electron chi connectivity index (χ1n) is 6.82. The molecular weight excluding hydrogens is 305 g/mol. The second kappa shape index (κ2) is 7.65. The Morgan fingerprint density at radius 1 is 1.18 bits per heavy atom. The summed E-state index contributed by atoms with van der Waals surface area (Å²) < 4.78 is 12.9. The van der Waals surface area contributed by atoms with Gasteiger partial charge in [-0.3, -0.25) is 9.59 Å². The lowest BCUT2D eigenvalue weighted by molar-refractivity contribution is -0.125. The average Bonchev–Trinajstić information content (AvgIpc) is 2.95. The lowest BCUT2D eigenvalue weighted by Gasteiger charge is -2.04. The van der Waals surface area contributed by atoms with Crippen molar-refractivity contribution < 1.29 is 14.0 Å². The number of benzene rings is 1. The van der Waals surface area contributed by atoms with Gasteiger partial charge in [0, 0.05) is 17.5 Å². The van der Waals surface area contributed by atoms with E-state index in [1.54, 1.807) is 17.5 Å². The Morgan fingerprint density at radius 3 is 2.59 bits per heavy atom. The summed E-state index contributed by atoms with van der Waals surface area (Å²) in [5.74, 6) is -0.784. The van der Waals surface area contributed by atoms with Crippen molar-refractivity contribution >= 4 is 23.2 Å². The van der Waals surface area contributed by atoms with Crippen LogP contribution in [0.2, 0.25) is 0 Å². The number of nitrogens with one attached hydrogen (secondary N) is 2. The number of carbonyl (C=O) groups excluding carboxylic acids is 2. The van der Waals surface area contributed by atoms with Crippen molar-refractivity contribution in [1.82, 2.24) is 15.6 Å². The molecule has 0 radical (unpaired) electrons. The van der Waals surface area contributed by atoms with Crippen LogP contribution in [0.5, 0.6) is 0 Å². The summed E-state index contributed by atoms with van der Waals surface area (Å²) in [5, 5.41) is 7.64. The number of rotatable bonds is 6. The van der Waals surface area contributed by atoms with E-state index in [4.69, 9.17) is 0 Å². The van der Waals surface area contributed by atoms with E-state index in [1.807, 2.05) is 6.92 Å². The highest BCUT2D eigenvalue weighted by Gasteiger charge is 2.10. The first kappa shape index (κ1) is 16.1. The van der Waals surface area contributed by atoms with Crippen LogP contribution in [0.4, 0.5) is 4.39 Å². The van der Waals surface area contributed by atoms with Crippen molar-refractivity contribution in [3.8, 4) is 10.6 Å². The van der Waals surface area contributed by atoms with Crippen molar-refractivity contribution in [2.75, 3.05) is 13.1 Å². The normalized spacial score (nSPS) is 10.3. The fourth-order valence-electron chi connectivity index (χ4n) is 1.78. The second-order valence-electron chi connectivity index (χ2n) is 4.56. The van der Waals surface area contributed by atoms with Gasteiger partial charge in [-0.05, 0) is 31.2 Å². The van der Waals surface area contributed by atoms with Gasteiger partial charge in [-0.25, -0.2) is 9.37 Å². The zero-order chi connectivity index (χ0) is 15.9. The quantitative estimate of drug-likeness (QED) is 0.851. The van der Waals surface area contributed by atoms with Gasteiger partial charge in [0.2, 0.25) is 11.8 Å². The van der Waals surface area contributed by atoms with E-state index in [2.05, 4.69) is 15.6 Å². The van der Waals surface area contributed by atoms with Crippen LogP contribution in [0.25, 0.3) is 10.6 Å². The Balaban J connectivity index is 1.90. The monoisotopic (exact) mass is 321 g/mol. The molecule has 0 spiro atoms. The van der Waals surface area contributed by atoms with Crippen molar-refractivity contribution in [3.05, 3.63) is 41.2 Å². The molecule has 116 valence electrons. The van der Waals surface area contributed by atoms with Crippen LogP contribution in [0.15, 0.2) is 29.6 Å². The van der Waals surface area contributed by atoms with Crippen LogP contribution in [-0.2, 0) is 16.0 Å². The van der Waals surface area contributed by atoms with Gasteiger partial charge in [0.15, 0.2) is 0 Å². The number of carbonyl (C=O) groups is 2. The summed E-state index contributed by atoms with van der Waals surface area (Å²) in [5.41, 5.74) is 1.43. The van der Waals surface area contributed by atoms with Crippen LogP contribution in [0.3, 0.4) is 0 Å². The van der Waals surface area contributed by atoms with Crippen molar-refractivity contribution in [2.45, 2.75) is 13.3 Å². The fraction of sp³-hybridized carbons (Fsp3) is 0.267. The van der Waals surface area contributed by atoms with Gasteiger partial charge in [-0.2, -0.15) is 0 Å². The van der Waals surface area contributed by atoms with E-state index in [9.17, 15) is 14.0 Å². The molecule has 0 aliphatic carbocycles. The molecule has 7 heteroatoms. The molecule has 0 aliphatic rings. The highest BCUT2D eigenvalue weighted by molar-refractivity contribution is 7.13. The van der Waals surface area contributed by atoms with E-state index in [0.29, 0.717) is 12.2 Å². The SMILES string of the molecule is CCNC(=O)CNC(=O)Cc1csc(-c2ccc(F)cc2)n1. The van der Waals surface area contributed by atoms with Crippen molar-refractivity contribution in [3.63, 3.8) is 0 Å². The number of thiazole rings is 1. The molecule has 5 nitrogen and oxygen atoms in total. The third kappa shape index (κ3) is 4.63. The number of amides is 2. The van der Waals surface area contributed by atoms with Crippen LogP contribution in [0, 0.1) is 5.82 Å². The van der Waals surface area contributed by atoms with Crippen LogP contribution < -0.4 is 10.6 Å². The third-order valence-corrected chi connectivity index (χ3v) is 3.74. The number of hydrogen-bond donors (Lipinski definition) is 2. The maximum absolute atomic E-state index is 12.9. The van der Waals surface area contributed by atoms with Gasteiger partial charge in [-0.15, -0.1) is 11.3 Å². The van der Waals surface area contributed by atoms with E-state index in [0.717, 1.165) is 10.6 Å². The molecule has 0 fully saturated rings. The molecule has 22 heavy (non-hydrogen) atoms. The minimum absolute atomic E-state index is 0.0400. The lowest BCUT2D eigenvalue weighted by Crippen LogP contribution is -2.37. The minimum atomic E-state index is -0.301. The summed E-state index contributed by atoms with van der Waals surface area (Å²) in [6.45, 7) is 2.30. The summed E-state index contributed by atoms with van der Waals surface area (Å²) in [6, 6.07) is 6.03. The molecule has 0 bridgehead atoms. The van der Waals surface area contributed by atoms with Gasteiger partial charge < -0.3 is 10.6 Å². The predicted molar refractivity (Wildman–Crippen MR) is 82.9 cm³/mol. The Labute approximate surface area is 131 Å². The van der Waals surface area contributed by atoms with E-state index in [-0.39, 0.29) is 30.6 Å². The zero-order valence-electron chi connectivity index (χ0n) is 12.1. The van der Waals surface area contributed by atoms with Gasteiger partial charge in [0.05, 0.1) is 18.7 Å². The molecule has 2 aromatic rings. The smallest absolute Gasteiger partial charge is 0.239 e. The molecule has 0 aliphatic heterocycles. The number of likely N-dealkylation sites (N-methyl/N-ethyl adjacent to an activating group) is 1. The first-order valence-corrected chi connectivity index (χ1v) is 7.70. The Morgan fingerprint density at radius 2 is 1.91 bits per heavy atom. The number of nitrogens with zero attached hydrogens (tertiary/aromatic N) is 1. The Bertz CT molecular complexity index is 655. The Hall–Kier alpha value is -2.28. The lowest BCUT2D eigenvalue weighted by atomic mass is 10.2. The van der Waals surface area contributed by atoms with Gasteiger partial charge in [0.1, 0.15) is 10.8 Å². The van der Waals surface area contributed by atoms with E-state index >= 15 is 0 Å². The summed E-state index contributed by atoms with van der Waals surface area (Å²) in [6.07, 6.45) is 0.108. The van der Waals surface area contributed by atoms with Crippen molar-refractivity contribution in [1.29, 1.82) is 0 Å². The van der Waals surface area contributed by atoms with Gasteiger partial charge >= 0.3 is 0 Å². The highest BCUT2D eigenvalue weighted by atomic mass is 32.1. The maximum atomic E-state index is 12.9. The predicted octanol–water partition coefficient (Wildman–Crippen LogP) is 1.74. The molecule has 0 atom stereocenters. The minimum Gasteiger partial charge on any atom is -0.355 e. The summed E-state index contributed by atoms with van der Waals surface area (Å²) in [7, 11) is 0. The highest BCUT2D eigenvalue weighted by Crippen LogP contribution is 2.23. The summed E-state index contributed by atoms with van der Waals surface area (Å²) in [4.78, 5) is 27.3. The number of halogens is 1. The van der Waals surface area contributed by atoms with Crippen LogP contribution >= 0.6 is 11.3 Å². The molecule has 2 rings (SSSR count). The molecule has 0 saturated carbocycles. The number of hydrogen-bond acceptors (Lipinski definition) is 4. The summed E-state index contributed by atoms with van der Waals surface area (Å²) >= 11 is 1.39. The van der Waals surface area contributed by atoms with Crippen molar-refractivity contribution in [2.24, 2.45) is 0 Å². The van der Waals surface area contributed by atoms with Crippen LogP contribution in [-0.4, -0.2) is 29.9 Å². The van der Waals surface area contributed by atoms with E-state index < -0.39 is 0 Å². The Kier molecular flexibility index (Phi) is 5.60. The van der Waals surface area contributed by atoms with E-state index in [1.165, 1.54) is 23.5 Å². The average molecular weight is 321 g/mol. The molecule has 1 aromatic heterocycles. The molecule has 0 saturated heterocycles. The maximum Gasteiger partial charge on any atom is 0.239 e. The standard InChI is InChI=1S/C15H16FN3O2S/c1-2-17-14(21)8-18-13(20)7-12-9-22-15(19-12)10-3-5-11(16)6-4-10/h3-6,9H,2,7-8H2,1H3,(H,17,21)(H,18,20). The second-order valence-corrected chi connectivity index (χ2v) is 5.42. The molecule has 2 N–H and O–H groups in total. The number of aromatic nitrogens is 1. The molecular formula is C15H16FN3O2S. The molecule has 1 aromatic carbocycles. The topological polar surface area (TPSA) is 71.1 Å².